The Kier molecular flexibility index (Phi) is 4.38. The first-order chi connectivity index (χ1) is 7.40. The minimum atomic E-state index is 0.341. The highest BCUT2D eigenvalue weighted by Crippen LogP contribution is 2.09. The molecule has 2 fully saturated rings. The normalized spacial score (nSPS) is 25.4. The van der Waals surface area contributed by atoms with Crippen LogP contribution in [0.3, 0.4) is 0 Å². The Labute approximate surface area is 92.2 Å². The van der Waals surface area contributed by atoms with Gasteiger partial charge in [0.15, 0.2) is 0 Å². The third-order valence-electron chi connectivity index (χ3n) is 3.57. The van der Waals surface area contributed by atoms with Gasteiger partial charge < -0.3 is 15.3 Å². The molecule has 4 heteroatoms. The average molecular weight is 213 g/mol. The molecule has 0 saturated carbocycles. The lowest BCUT2D eigenvalue weighted by Crippen LogP contribution is -2.61. The number of unbranched alkanes of at least 4 members (excludes halogenated alkanes) is 1. The van der Waals surface area contributed by atoms with Crippen molar-refractivity contribution in [3.8, 4) is 0 Å². The van der Waals surface area contributed by atoms with Gasteiger partial charge in [-0.25, -0.2) is 0 Å². The largest absolute Gasteiger partial charge is 0.396 e. The highest BCUT2D eigenvalue weighted by Gasteiger charge is 2.27. The molecule has 0 unspecified atom stereocenters. The molecule has 0 bridgehead atoms. The Morgan fingerprint density at radius 2 is 1.80 bits per heavy atom. The van der Waals surface area contributed by atoms with Crippen molar-refractivity contribution in [1.29, 1.82) is 0 Å². The highest BCUT2D eigenvalue weighted by molar-refractivity contribution is 4.87. The van der Waals surface area contributed by atoms with Crippen LogP contribution in [-0.4, -0.2) is 73.4 Å². The maximum atomic E-state index is 8.72. The van der Waals surface area contributed by atoms with E-state index in [1.54, 1.807) is 0 Å². The summed E-state index contributed by atoms with van der Waals surface area (Å²) in [5.41, 5.74) is 0. The van der Waals surface area contributed by atoms with Gasteiger partial charge in [-0.2, -0.15) is 0 Å². The number of aliphatic hydroxyl groups excluding tert-OH is 1. The van der Waals surface area contributed by atoms with E-state index in [9.17, 15) is 0 Å². The Hall–Kier alpha value is -0.160. The van der Waals surface area contributed by atoms with Crippen LogP contribution >= 0.6 is 0 Å². The standard InChI is InChI=1S/C11H23N3O/c15-8-2-1-3-13-4-6-14(7-5-13)11-9-12-10-11/h11-12,15H,1-10H2. The molecule has 15 heavy (non-hydrogen) atoms. The van der Waals surface area contributed by atoms with Gasteiger partial charge >= 0.3 is 0 Å². The van der Waals surface area contributed by atoms with Crippen LogP contribution < -0.4 is 5.32 Å². The van der Waals surface area contributed by atoms with Gasteiger partial charge in [-0.1, -0.05) is 0 Å². The van der Waals surface area contributed by atoms with Crippen molar-refractivity contribution in [2.75, 3.05) is 52.4 Å². The van der Waals surface area contributed by atoms with Crippen LogP contribution in [0.1, 0.15) is 12.8 Å². The van der Waals surface area contributed by atoms with E-state index < -0.39 is 0 Å². The predicted molar refractivity (Wildman–Crippen MR) is 61.0 cm³/mol. The second kappa shape index (κ2) is 5.80. The van der Waals surface area contributed by atoms with Crippen molar-refractivity contribution in [2.45, 2.75) is 18.9 Å². The summed E-state index contributed by atoms with van der Waals surface area (Å²) >= 11 is 0. The van der Waals surface area contributed by atoms with Crippen molar-refractivity contribution in [2.24, 2.45) is 0 Å². The van der Waals surface area contributed by atoms with E-state index in [1.807, 2.05) is 0 Å². The zero-order valence-electron chi connectivity index (χ0n) is 9.49. The molecule has 2 heterocycles. The second-order valence-electron chi connectivity index (χ2n) is 4.62. The van der Waals surface area contributed by atoms with E-state index in [-0.39, 0.29) is 0 Å². The van der Waals surface area contributed by atoms with Crippen molar-refractivity contribution in [3.05, 3.63) is 0 Å². The summed E-state index contributed by atoms with van der Waals surface area (Å²) in [5, 5.41) is 12.0. The number of nitrogens with zero attached hydrogens (tertiary/aromatic N) is 2. The molecule has 0 amide bonds. The fourth-order valence-electron chi connectivity index (χ4n) is 2.33. The molecule has 4 nitrogen and oxygen atoms in total. The summed E-state index contributed by atoms with van der Waals surface area (Å²) in [6.07, 6.45) is 2.09. The lowest BCUT2D eigenvalue weighted by atomic mass is 10.1. The van der Waals surface area contributed by atoms with E-state index in [1.165, 1.54) is 39.3 Å². The molecule has 0 atom stereocenters. The summed E-state index contributed by atoms with van der Waals surface area (Å²) in [4.78, 5) is 5.14. The van der Waals surface area contributed by atoms with Crippen LogP contribution in [0, 0.1) is 0 Å². The fourth-order valence-corrected chi connectivity index (χ4v) is 2.33. The van der Waals surface area contributed by atoms with E-state index >= 15 is 0 Å². The molecule has 2 N–H and O–H groups in total. The van der Waals surface area contributed by atoms with Crippen LogP contribution in [-0.2, 0) is 0 Å². The number of nitrogens with one attached hydrogen (secondary N) is 1. The summed E-state index contributed by atoms with van der Waals surface area (Å²) in [5.74, 6) is 0. The SMILES string of the molecule is OCCCCN1CCN(C2CNC2)CC1. The summed E-state index contributed by atoms with van der Waals surface area (Å²) in [6.45, 7) is 8.75. The van der Waals surface area contributed by atoms with Crippen molar-refractivity contribution in [3.63, 3.8) is 0 Å². The first-order valence-electron chi connectivity index (χ1n) is 6.18. The van der Waals surface area contributed by atoms with Gasteiger partial charge in [0.1, 0.15) is 0 Å². The van der Waals surface area contributed by atoms with Crippen LogP contribution in [0.25, 0.3) is 0 Å². The van der Waals surface area contributed by atoms with E-state index in [0.29, 0.717) is 6.61 Å². The molecule has 2 aliphatic rings. The second-order valence-corrected chi connectivity index (χ2v) is 4.62. The third kappa shape index (κ3) is 3.14. The molecular formula is C11H23N3O. The minimum absolute atomic E-state index is 0.341. The Balaban J connectivity index is 1.59. The quantitative estimate of drug-likeness (QED) is 0.595. The number of aliphatic hydroxyl groups is 1. The van der Waals surface area contributed by atoms with Crippen LogP contribution in [0.15, 0.2) is 0 Å². The molecule has 2 saturated heterocycles. The summed E-state index contributed by atoms with van der Waals surface area (Å²) in [7, 11) is 0. The number of rotatable bonds is 5. The molecule has 2 rings (SSSR count). The lowest BCUT2D eigenvalue weighted by molar-refractivity contribution is 0.0715. The highest BCUT2D eigenvalue weighted by atomic mass is 16.2. The zero-order chi connectivity index (χ0) is 10.5. The van der Waals surface area contributed by atoms with Crippen LogP contribution in [0.5, 0.6) is 0 Å². The van der Waals surface area contributed by atoms with Gasteiger partial charge in [-0.05, 0) is 19.4 Å². The molecule has 0 spiro atoms. The molecule has 2 aliphatic heterocycles. The van der Waals surface area contributed by atoms with Gasteiger partial charge in [-0.3, -0.25) is 4.90 Å². The molecule has 0 aromatic heterocycles. The molecule has 0 aromatic rings. The molecule has 0 aromatic carbocycles. The van der Waals surface area contributed by atoms with Crippen LogP contribution in [0.2, 0.25) is 0 Å². The zero-order valence-corrected chi connectivity index (χ0v) is 9.49. The number of hydrogen-bond acceptors (Lipinski definition) is 4. The fraction of sp³-hybridized carbons (Fsp3) is 1.00. The number of hydrogen-bond donors (Lipinski definition) is 2. The Morgan fingerprint density at radius 1 is 1.07 bits per heavy atom. The van der Waals surface area contributed by atoms with E-state index in [2.05, 4.69) is 15.1 Å². The first kappa shape index (κ1) is 11.3. The van der Waals surface area contributed by atoms with Gasteiger partial charge in [0.25, 0.3) is 0 Å². The average Bonchev–Trinajstić information content (AvgIpc) is 2.18. The predicted octanol–water partition coefficient (Wildman–Crippen LogP) is -0.652. The molecule has 0 radical (unpaired) electrons. The van der Waals surface area contributed by atoms with Crippen molar-refractivity contribution >= 4 is 0 Å². The smallest absolute Gasteiger partial charge is 0.0431 e. The van der Waals surface area contributed by atoms with E-state index in [0.717, 1.165) is 25.4 Å². The Morgan fingerprint density at radius 3 is 2.33 bits per heavy atom. The maximum Gasteiger partial charge on any atom is 0.0431 e. The lowest BCUT2D eigenvalue weighted by Gasteiger charge is -2.43. The molecule has 88 valence electrons. The van der Waals surface area contributed by atoms with Gasteiger partial charge in [0.05, 0.1) is 0 Å². The van der Waals surface area contributed by atoms with Gasteiger partial charge in [-0.15, -0.1) is 0 Å². The van der Waals surface area contributed by atoms with Gasteiger partial charge in [0.2, 0.25) is 0 Å². The number of piperazine rings is 1. The first-order valence-corrected chi connectivity index (χ1v) is 6.18. The summed E-state index contributed by atoms with van der Waals surface area (Å²) in [6, 6.07) is 0.810. The Bertz CT molecular complexity index is 177. The van der Waals surface area contributed by atoms with E-state index in [4.69, 9.17) is 5.11 Å². The summed E-state index contributed by atoms with van der Waals surface area (Å²) < 4.78 is 0. The van der Waals surface area contributed by atoms with Crippen LogP contribution in [0.4, 0.5) is 0 Å². The monoisotopic (exact) mass is 213 g/mol. The third-order valence-corrected chi connectivity index (χ3v) is 3.57. The topological polar surface area (TPSA) is 38.7 Å². The molecular weight excluding hydrogens is 190 g/mol. The van der Waals surface area contributed by atoms with Crippen molar-refractivity contribution in [1.82, 2.24) is 15.1 Å². The maximum absolute atomic E-state index is 8.72. The minimum Gasteiger partial charge on any atom is -0.396 e. The van der Waals surface area contributed by atoms with Crippen molar-refractivity contribution < 1.29 is 5.11 Å². The van der Waals surface area contributed by atoms with Gasteiger partial charge in [0, 0.05) is 51.9 Å². The molecule has 0 aliphatic carbocycles.